The van der Waals surface area contributed by atoms with E-state index in [0.29, 0.717) is 0 Å². The zero-order valence-corrected chi connectivity index (χ0v) is 7.48. The summed E-state index contributed by atoms with van der Waals surface area (Å²) in [6, 6.07) is 4.20. The molecule has 0 aromatic heterocycles. The number of alkyl halides is 4. The molecule has 0 heterocycles. The molecule has 0 amide bonds. The van der Waals surface area contributed by atoms with Gasteiger partial charge in [-0.15, -0.1) is 0 Å². The molecule has 1 aromatic carbocycles. The van der Waals surface area contributed by atoms with Gasteiger partial charge in [0.15, 0.2) is 0 Å². The molecule has 0 bridgehead atoms. The monoisotopic (exact) mass is 222 g/mol. The third-order valence-electron chi connectivity index (χ3n) is 2.66. The fraction of sp³-hybridized carbons (Fsp3) is 0.400. The molecule has 82 valence electrons. The topological polar surface area (TPSA) is 0 Å². The molecule has 1 aliphatic rings. The summed E-state index contributed by atoms with van der Waals surface area (Å²) >= 11 is 0. The van der Waals surface area contributed by atoms with Gasteiger partial charge in [0, 0.05) is 6.42 Å². The molecule has 1 unspecified atom stereocenters. The highest BCUT2D eigenvalue weighted by Crippen LogP contribution is 2.59. The minimum Gasteiger partial charge on any atom is -0.207 e. The number of hydrogen-bond donors (Lipinski definition) is 0. The van der Waals surface area contributed by atoms with E-state index in [2.05, 4.69) is 0 Å². The lowest BCUT2D eigenvalue weighted by atomic mass is 9.73. The summed E-state index contributed by atoms with van der Waals surface area (Å²) in [6.07, 6.45) is -0.883. The Labute approximate surface area is 82.7 Å². The highest BCUT2D eigenvalue weighted by molar-refractivity contribution is 5.28. The maximum atomic E-state index is 12.9. The van der Waals surface area contributed by atoms with E-state index in [0.717, 1.165) is 24.3 Å². The van der Waals surface area contributed by atoms with Crippen LogP contribution in [0.1, 0.15) is 17.9 Å². The van der Waals surface area contributed by atoms with Gasteiger partial charge >= 0.3 is 11.8 Å². The highest BCUT2D eigenvalue weighted by atomic mass is 19.3. The lowest BCUT2D eigenvalue weighted by Gasteiger charge is -2.44. The van der Waals surface area contributed by atoms with E-state index in [1.807, 2.05) is 0 Å². The summed E-state index contributed by atoms with van der Waals surface area (Å²) in [5.74, 6) is -10.0. The van der Waals surface area contributed by atoms with Gasteiger partial charge < -0.3 is 0 Å². The van der Waals surface area contributed by atoms with Crippen molar-refractivity contribution in [3.63, 3.8) is 0 Å². The molecule has 1 atom stereocenters. The Kier molecular flexibility index (Phi) is 2.03. The van der Waals surface area contributed by atoms with E-state index in [-0.39, 0.29) is 5.56 Å². The first-order valence-corrected chi connectivity index (χ1v) is 4.36. The summed E-state index contributed by atoms with van der Waals surface area (Å²) in [5, 5.41) is 0. The minimum atomic E-state index is -4.02. The summed E-state index contributed by atoms with van der Waals surface area (Å²) in [5.41, 5.74) is 0.0484. The SMILES string of the molecule is Fc1ccc(C2CC(F)(F)C2(F)F)cc1. The molecule has 0 radical (unpaired) electrons. The van der Waals surface area contributed by atoms with Crippen LogP contribution in [0.25, 0.3) is 0 Å². The van der Waals surface area contributed by atoms with Crippen molar-refractivity contribution in [1.82, 2.24) is 0 Å². The van der Waals surface area contributed by atoms with Crippen molar-refractivity contribution in [3.8, 4) is 0 Å². The molecule has 0 aliphatic heterocycles. The molecule has 2 rings (SSSR count). The number of benzene rings is 1. The Bertz CT molecular complexity index is 368. The van der Waals surface area contributed by atoms with Crippen LogP contribution in [-0.4, -0.2) is 11.8 Å². The van der Waals surface area contributed by atoms with Crippen LogP contribution < -0.4 is 0 Å². The van der Waals surface area contributed by atoms with Crippen molar-refractivity contribution in [1.29, 1.82) is 0 Å². The zero-order chi connectivity index (χ0) is 11.3. The maximum Gasteiger partial charge on any atom is 0.317 e. The predicted octanol–water partition coefficient (Wildman–Crippen LogP) is 3.58. The smallest absolute Gasteiger partial charge is 0.207 e. The van der Waals surface area contributed by atoms with Gasteiger partial charge in [-0.2, -0.15) is 17.6 Å². The molecule has 1 aromatic rings. The third kappa shape index (κ3) is 1.41. The Morgan fingerprint density at radius 3 is 1.93 bits per heavy atom. The fourth-order valence-corrected chi connectivity index (χ4v) is 1.67. The Morgan fingerprint density at radius 2 is 1.53 bits per heavy atom. The van der Waals surface area contributed by atoms with E-state index in [4.69, 9.17) is 0 Å². The van der Waals surface area contributed by atoms with Crippen LogP contribution in [0, 0.1) is 5.82 Å². The van der Waals surface area contributed by atoms with Crippen molar-refractivity contribution < 1.29 is 22.0 Å². The van der Waals surface area contributed by atoms with E-state index in [1.165, 1.54) is 0 Å². The average Bonchev–Trinajstić information content (AvgIpc) is 2.16. The zero-order valence-electron chi connectivity index (χ0n) is 7.48. The van der Waals surface area contributed by atoms with Gasteiger partial charge in [0.05, 0.1) is 5.92 Å². The Balaban J connectivity index is 2.25. The van der Waals surface area contributed by atoms with E-state index in [1.54, 1.807) is 0 Å². The number of hydrogen-bond acceptors (Lipinski definition) is 0. The van der Waals surface area contributed by atoms with E-state index >= 15 is 0 Å². The molecule has 0 spiro atoms. The second-order valence-electron chi connectivity index (χ2n) is 3.64. The van der Waals surface area contributed by atoms with Crippen LogP contribution in [0.4, 0.5) is 22.0 Å². The molecule has 5 heteroatoms. The van der Waals surface area contributed by atoms with Crippen LogP contribution in [0.15, 0.2) is 24.3 Å². The molecule has 1 saturated carbocycles. The van der Waals surface area contributed by atoms with Crippen molar-refractivity contribution in [2.24, 2.45) is 0 Å². The molecule has 0 N–H and O–H groups in total. The first-order chi connectivity index (χ1) is 6.84. The minimum absolute atomic E-state index is 0.0484. The number of halogens is 5. The van der Waals surface area contributed by atoms with Crippen LogP contribution >= 0.6 is 0 Å². The predicted molar refractivity (Wildman–Crippen MR) is 43.7 cm³/mol. The molecule has 15 heavy (non-hydrogen) atoms. The molecule has 0 saturated heterocycles. The fourth-order valence-electron chi connectivity index (χ4n) is 1.67. The first kappa shape index (κ1) is 10.4. The summed E-state index contributed by atoms with van der Waals surface area (Å²) in [6.45, 7) is 0. The van der Waals surface area contributed by atoms with Gasteiger partial charge in [-0.3, -0.25) is 0 Å². The quantitative estimate of drug-likeness (QED) is 0.637. The van der Waals surface area contributed by atoms with Gasteiger partial charge in [-0.05, 0) is 17.7 Å². The second-order valence-corrected chi connectivity index (χ2v) is 3.64. The lowest BCUT2D eigenvalue weighted by molar-refractivity contribution is -0.290. The highest BCUT2D eigenvalue weighted by Gasteiger charge is 2.71. The molecule has 0 nitrogen and oxygen atoms in total. The van der Waals surface area contributed by atoms with Gasteiger partial charge in [0.25, 0.3) is 0 Å². The molecule has 1 aliphatic carbocycles. The number of rotatable bonds is 1. The van der Waals surface area contributed by atoms with Crippen LogP contribution in [0.5, 0.6) is 0 Å². The summed E-state index contributed by atoms with van der Waals surface area (Å²) < 4.78 is 63.3. The average molecular weight is 222 g/mol. The molecular weight excluding hydrogens is 215 g/mol. The van der Waals surface area contributed by atoms with Crippen LogP contribution in [0.2, 0.25) is 0 Å². The maximum absolute atomic E-state index is 12.9. The normalized spacial score (nSPS) is 27.1. The molecular formula is C10H7F5. The van der Waals surface area contributed by atoms with Crippen molar-refractivity contribution in [2.75, 3.05) is 0 Å². The van der Waals surface area contributed by atoms with Crippen LogP contribution in [-0.2, 0) is 0 Å². The van der Waals surface area contributed by atoms with Crippen molar-refractivity contribution in [2.45, 2.75) is 24.2 Å². The van der Waals surface area contributed by atoms with E-state index in [9.17, 15) is 22.0 Å². The lowest BCUT2D eigenvalue weighted by Crippen LogP contribution is -2.56. The van der Waals surface area contributed by atoms with Crippen molar-refractivity contribution >= 4 is 0 Å². The van der Waals surface area contributed by atoms with Gasteiger partial charge in [-0.25, -0.2) is 4.39 Å². The van der Waals surface area contributed by atoms with Gasteiger partial charge in [-0.1, -0.05) is 12.1 Å². The Hall–Kier alpha value is -1.13. The standard InChI is InChI=1S/C10H7F5/c11-7-3-1-6(2-4-7)8-5-9(12,13)10(8,14)15/h1-4,8H,5H2. The summed E-state index contributed by atoms with van der Waals surface area (Å²) in [4.78, 5) is 0. The molecule has 1 fully saturated rings. The van der Waals surface area contributed by atoms with Crippen molar-refractivity contribution in [3.05, 3.63) is 35.6 Å². The van der Waals surface area contributed by atoms with Crippen LogP contribution in [0.3, 0.4) is 0 Å². The van der Waals surface area contributed by atoms with Gasteiger partial charge in [0.2, 0.25) is 0 Å². The third-order valence-corrected chi connectivity index (χ3v) is 2.66. The van der Waals surface area contributed by atoms with Gasteiger partial charge in [0.1, 0.15) is 5.82 Å². The summed E-state index contributed by atoms with van der Waals surface area (Å²) in [7, 11) is 0. The Morgan fingerprint density at radius 1 is 1.00 bits per heavy atom. The van der Waals surface area contributed by atoms with E-state index < -0.39 is 30.0 Å². The first-order valence-electron chi connectivity index (χ1n) is 4.36. The second kappa shape index (κ2) is 2.93. The largest absolute Gasteiger partial charge is 0.317 e.